The summed E-state index contributed by atoms with van der Waals surface area (Å²) in [4.78, 5) is 6.72. The van der Waals surface area contributed by atoms with E-state index in [2.05, 4.69) is 22.0 Å². The van der Waals surface area contributed by atoms with E-state index in [-0.39, 0.29) is 18.2 Å². The summed E-state index contributed by atoms with van der Waals surface area (Å²) in [5.74, 6) is 1.50. The van der Waals surface area contributed by atoms with Crippen molar-refractivity contribution in [1.29, 1.82) is 0 Å². The molecule has 0 amide bonds. The van der Waals surface area contributed by atoms with Crippen LogP contribution in [0.1, 0.15) is 25.7 Å². The maximum Gasteiger partial charge on any atom is 0.241 e. The van der Waals surface area contributed by atoms with Gasteiger partial charge >= 0.3 is 0 Å². The van der Waals surface area contributed by atoms with Crippen LogP contribution in [0.5, 0.6) is 0 Å². The average molecular weight is 341 g/mol. The molecule has 1 saturated heterocycles. The summed E-state index contributed by atoms with van der Waals surface area (Å²) in [5.41, 5.74) is 6.63. The van der Waals surface area contributed by atoms with Crippen molar-refractivity contribution in [3.8, 4) is 11.4 Å². The highest BCUT2D eigenvalue weighted by atomic mass is 35.5. The predicted molar refractivity (Wildman–Crippen MR) is 88.6 cm³/mol. The second-order valence-electron chi connectivity index (χ2n) is 6.01. The van der Waals surface area contributed by atoms with Crippen LogP contribution in [0.2, 0.25) is 0 Å². The fourth-order valence-electron chi connectivity index (χ4n) is 2.96. The van der Waals surface area contributed by atoms with Gasteiger partial charge in [-0.05, 0) is 49.6 Å². The lowest BCUT2D eigenvalue weighted by Crippen LogP contribution is -2.45. The number of likely N-dealkylation sites (tertiary alicyclic amines) is 1. The summed E-state index contributed by atoms with van der Waals surface area (Å²) >= 11 is 0. The van der Waals surface area contributed by atoms with E-state index in [0.29, 0.717) is 36.8 Å². The Morgan fingerprint density at radius 3 is 2.78 bits per heavy atom. The van der Waals surface area contributed by atoms with Gasteiger partial charge in [0.1, 0.15) is 5.82 Å². The number of hydrogen-bond donors (Lipinski definition) is 1. The van der Waals surface area contributed by atoms with Crippen molar-refractivity contribution in [3.05, 3.63) is 36.0 Å². The van der Waals surface area contributed by atoms with E-state index in [1.54, 1.807) is 12.1 Å². The second kappa shape index (κ2) is 7.86. The molecule has 7 heteroatoms. The van der Waals surface area contributed by atoms with E-state index >= 15 is 0 Å². The third kappa shape index (κ3) is 4.28. The molecular weight excluding hydrogens is 319 g/mol. The van der Waals surface area contributed by atoms with Crippen LogP contribution < -0.4 is 5.73 Å². The Morgan fingerprint density at radius 2 is 2.09 bits per heavy atom. The molecule has 0 radical (unpaired) electrons. The molecule has 1 aliphatic rings. The van der Waals surface area contributed by atoms with Crippen molar-refractivity contribution in [2.24, 2.45) is 11.7 Å². The van der Waals surface area contributed by atoms with Gasteiger partial charge < -0.3 is 10.3 Å². The molecule has 0 saturated carbocycles. The van der Waals surface area contributed by atoms with E-state index in [0.717, 1.165) is 24.9 Å². The van der Waals surface area contributed by atoms with Gasteiger partial charge in [-0.25, -0.2) is 4.39 Å². The molecule has 1 aromatic heterocycles. The van der Waals surface area contributed by atoms with Crippen LogP contribution in [-0.2, 0) is 6.54 Å². The minimum absolute atomic E-state index is 0. The summed E-state index contributed by atoms with van der Waals surface area (Å²) in [7, 11) is 0. The first kappa shape index (κ1) is 17.8. The van der Waals surface area contributed by atoms with Crippen LogP contribution >= 0.6 is 12.4 Å². The van der Waals surface area contributed by atoms with Gasteiger partial charge in [-0.2, -0.15) is 4.98 Å². The lowest BCUT2D eigenvalue weighted by molar-refractivity contribution is 0.102. The maximum atomic E-state index is 12.9. The van der Waals surface area contributed by atoms with Crippen LogP contribution in [0.25, 0.3) is 11.4 Å². The Kier molecular flexibility index (Phi) is 6.10. The Labute approximate surface area is 141 Å². The fraction of sp³-hybridized carbons (Fsp3) is 0.500. The summed E-state index contributed by atoms with van der Waals surface area (Å²) in [6.07, 6.45) is 2.27. The Balaban J connectivity index is 0.00000192. The van der Waals surface area contributed by atoms with Crippen LogP contribution in [0.4, 0.5) is 4.39 Å². The van der Waals surface area contributed by atoms with Gasteiger partial charge in [-0.3, -0.25) is 4.90 Å². The molecule has 126 valence electrons. The molecule has 3 rings (SSSR count). The first-order chi connectivity index (χ1) is 10.7. The first-order valence-electron chi connectivity index (χ1n) is 7.68. The molecule has 1 aromatic carbocycles. The summed E-state index contributed by atoms with van der Waals surface area (Å²) < 4.78 is 18.3. The Bertz CT molecular complexity index is 619. The number of rotatable bonds is 4. The molecule has 0 aliphatic carbocycles. The highest BCUT2D eigenvalue weighted by Gasteiger charge is 2.26. The highest BCUT2D eigenvalue weighted by Crippen LogP contribution is 2.24. The third-order valence-electron chi connectivity index (χ3n) is 4.28. The number of aromatic nitrogens is 2. The van der Waals surface area contributed by atoms with E-state index in [1.165, 1.54) is 12.1 Å². The van der Waals surface area contributed by atoms with E-state index in [1.807, 2.05) is 0 Å². The number of nitrogens with zero attached hydrogens (tertiary/aromatic N) is 3. The van der Waals surface area contributed by atoms with Crippen molar-refractivity contribution in [1.82, 2.24) is 15.0 Å². The Hall–Kier alpha value is -1.50. The van der Waals surface area contributed by atoms with Gasteiger partial charge in [-0.1, -0.05) is 12.1 Å². The molecule has 2 unspecified atom stereocenters. The summed E-state index contributed by atoms with van der Waals surface area (Å²) in [6.45, 7) is 4.52. The van der Waals surface area contributed by atoms with Crippen LogP contribution in [-0.4, -0.2) is 34.2 Å². The topological polar surface area (TPSA) is 68.2 Å². The second-order valence-corrected chi connectivity index (χ2v) is 6.01. The number of benzene rings is 1. The number of halogens is 2. The van der Waals surface area contributed by atoms with E-state index in [4.69, 9.17) is 10.3 Å². The van der Waals surface area contributed by atoms with Crippen molar-refractivity contribution in [2.45, 2.75) is 32.4 Å². The molecular formula is C16H22ClFN4O. The normalized spacial score (nSPS) is 21.9. The van der Waals surface area contributed by atoms with Crippen molar-refractivity contribution in [3.63, 3.8) is 0 Å². The maximum absolute atomic E-state index is 12.9. The zero-order chi connectivity index (χ0) is 15.5. The number of hydrogen-bond acceptors (Lipinski definition) is 5. The zero-order valence-electron chi connectivity index (χ0n) is 13.1. The van der Waals surface area contributed by atoms with E-state index in [9.17, 15) is 4.39 Å². The summed E-state index contributed by atoms with van der Waals surface area (Å²) in [5, 5.41) is 3.98. The van der Waals surface area contributed by atoms with Gasteiger partial charge in [0.05, 0.1) is 6.54 Å². The molecule has 0 bridgehead atoms. The monoisotopic (exact) mass is 340 g/mol. The highest BCUT2D eigenvalue weighted by molar-refractivity contribution is 5.85. The predicted octanol–water partition coefficient (Wildman–Crippen LogP) is 2.86. The molecule has 2 heterocycles. The van der Waals surface area contributed by atoms with E-state index < -0.39 is 0 Å². The average Bonchev–Trinajstić information content (AvgIpc) is 2.98. The minimum Gasteiger partial charge on any atom is -0.338 e. The molecule has 2 aromatic rings. The van der Waals surface area contributed by atoms with Crippen LogP contribution in [0.3, 0.4) is 0 Å². The molecule has 2 N–H and O–H groups in total. The van der Waals surface area contributed by atoms with Gasteiger partial charge in [0.25, 0.3) is 0 Å². The lowest BCUT2D eigenvalue weighted by Gasteiger charge is -2.36. The standard InChI is InChI=1S/C16H21FN4O.ClH/c1-11-6-7-21(14(8-11)9-18)10-15-19-16(20-22-15)12-2-4-13(17)5-3-12;/h2-5,11,14H,6-10,18H2,1H3;1H. The van der Waals surface area contributed by atoms with Crippen molar-refractivity contribution >= 4 is 12.4 Å². The van der Waals surface area contributed by atoms with Crippen molar-refractivity contribution < 1.29 is 8.91 Å². The SMILES string of the molecule is CC1CCN(Cc2nc(-c3ccc(F)cc3)no2)C(CN)C1.Cl. The lowest BCUT2D eigenvalue weighted by atomic mass is 9.92. The first-order valence-corrected chi connectivity index (χ1v) is 7.68. The quantitative estimate of drug-likeness (QED) is 0.926. The third-order valence-corrected chi connectivity index (χ3v) is 4.28. The molecule has 5 nitrogen and oxygen atoms in total. The number of nitrogens with two attached hydrogens (primary N) is 1. The number of piperidine rings is 1. The minimum atomic E-state index is -0.277. The van der Waals surface area contributed by atoms with Crippen LogP contribution in [0.15, 0.2) is 28.8 Å². The molecule has 1 fully saturated rings. The largest absolute Gasteiger partial charge is 0.338 e. The Morgan fingerprint density at radius 1 is 1.35 bits per heavy atom. The van der Waals surface area contributed by atoms with Gasteiger partial charge in [0.2, 0.25) is 11.7 Å². The zero-order valence-corrected chi connectivity index (χ0v) is 13.9. The van der Waals surface area contributed by atoms with Gasteiger partial charge in [0.15, 0.2) is 0 Å². The van der Waals surface area contributed by atoms with Gasteiger partial charge in [-0.15, -0.1) is 12.4 Å². The van der Waals surface area contributed by atoms with Gasteiger partial charge in [0, 0.05) is 18.2 Å². The molecule has 2 atom stereocenters. The molecule has 1 aliphatic heterocycles. The van der Waals surface area contributed by atoms with Crippen molar-refractivity contribution in [2.75, 3.05) is 13.1 Å². The van der Waals surface area contributed by atoms with Crippen LogP contribution in [0, 0.1) is 11.7 Å². The fourth-order valence-corrected chi connectivity index (χ4v) is 2.96. The molecule has 0 spiro atoms. The summed E-state index contributed by atoms with van der Waals surface area (Å²) in [6, 6.07) is 6.44. The smallest absolute Gasteiger partial charge is 0.241 e. The molecule has 23 heavy (non-hydrogen) atoms.